The van der Waals surface area contributed by atoms with Crippen LogP contribution in [0.15, 0.2) is 66.0 Å². The van der Waals surface area contributed by atoms with Gasteiger partial charge in [0.15, 0.2) is 5.69 Å². The molecule has 116 valence electrons. The summed E-state index contributed by atoms with van der Waals surface area (Å²) in [6, 6.07) is 20.2. The van der Waals surface area contributed by atoms with Crippen molar-refractivity contribution >= 4 is 17.4 Å². The van der Waals surface area contributed by atoms with E-state index in [0.29, 0.717) is 18.8 Å². The van der Waals surface area contributed by atoms with Crippen molar-refractivity contribution in [1.82, 2.24) is 14.5 Å². The second-order valence-corrected chi connectivity index (χ2v) is 5.85. The molecular weight excluding hydrogens is 306 g/mol. The summed E-state index contributed by atoms with van der Waals surface area (Å²) in [6.45, 7) is 1.22. The fourth-order valence-corrected chi connectivity index (χ4v) is 2.81. The van der Waals surface area contributed by atoms with E-state index in [2.05, 4.69) is 21.7 Å². The molecule has 0 aliphatic rings. The molecule has 4 nitrogen and oxygen atoms in total. The Morgan fingerprint density at radius 3 is 2.22 bits per heavy atom. The largest absolute Gasteiger partial charge is 0.333 e. The standard InChI is InChI=1S/C18H17N3OS/c22-18(17-14-23-20-19-17)21(13-16-9-5-2-6-10-16)12-11-15-7-3-1-4-8-15/h1-10,14H,11-13H2. The van der Waals surface area contributed by atoms with E-state index in [0.717, 1.165) is 12.0 Å². The molecule has 0 fully saturated rings. The van der Waals surface area contributed by atoms with Crippen molar-refractivity contribution in [2.75, 3.05) is 6.54 Å². The van der Waals surface area contributed by atoms with Crippen molar-refractivity contribution in [3.05, 3.63) is 82.9 Å². The van der Waals surface area contributed by atoms with E-state index < -0.39 is 0 Å². The van der Waals surface area contributed by atoms with Gasteiger partial charge in [0, 0.05) is 18.5 Å². The molecule has 2 aromatic carbocycles. The van der Waals surface area contributed by atoms with Crippen LogP contribution in [-0.2, 0) is 13.0 Å². The lowest BCUT2D eigenvalue weighted by Crippen LogP contribution is -2.32. The Balaban J connectivity index is 1.74. The number of carbonyl (C=O) groups excluding carboxylic acids is 1. The van der Waals surface area contributed by atoms with Crippen LogP contribution in [0.3, 0.4) is 0 Å². The maximum Gasteiger partial charge on any atom is 0.275 e. The molecule has 0 radical (unpaired) electrons. The molecule has 0 N–H and O–H groups in total. The fraction of sp³-hybridized carbons (Fsp3) is 0.167. The quantitative estimate of drug-likeness (QED) is 0.698. The highest BCUT2D eigenvalue weighted by molar-refractivity contribution is 7.03. The Morgan fingerprint density at radius 2 is 1.61 bits per heavy atom. The lowest BCUT2D eigenvalue weighted by Gasteiger charge is -2.22. The molecule has 0 unspecified atom stereocenters. The van der Waals surface area contributed by atoms with Crippen LogP contribution in [-0.4, -0.2) is 26.9 Å². The zero-order chi connectivity index (χ0) is 15.9. The first-order chi connectivity index (χ1) is 11.3. The average Bonchev–Trinajstić information content (AvgIpc) is 3.14. The summed E-state index contributed by atoms with van der Waals surface area (Å²) >= 11 is 1.20. The van der Waals surface area contributed by atoms with Crippen molar-refractivity contribution in [2.24, 2.45) is 0 Å². The van der Waals surface area contributed by atoms with Crippen molar-refractivity contribution in [3.8, 4) is 0 Å². The fourth-order valence-electron chi connectivity index (χ4n) is 2.38. The molecule has 3 aromatic rings. The van der Waals surface area contributed by atoms with Gasteiger partial charge < -0.3 is 4.90 Å². The summed E-state index contributed by atoms with van der Waals surface area (Å²) in [6.07, 6.45) is 0.816. The normalized spacial score (nSPS) is 10.4. The van der Waals surface area contributed by atoms with Crippen LogP contribution in [0, 0.1) is 0 Å². The van der Waals surface area contributed by atoms with Crippen molar-refractivity contribution in [1.29, 1.82) is 0 Å². The highest BCUT2D eigenvalue weighted by Gasteiger charge is 2.18. The van der Waals surface area contributed by atoms with Gasteiger partial charge in [-0.2, -0.15) is 0 Å². The second-order valence-electron chi connectivity index (χ2n) is 5.24. The molecule has 23 heavy (non-hydrogen) atoms. The molecule has 0 atom stereocenters. The zero-order valence-electron chi connectivity index (χ0n) is 12.6. The predicted molar refractivity (Wildman–Crippen MR) is 91.2 cm³/mol. The number of carbonyl (C=O) groups is 1. The van der Waals surface area contributed by atoms with Crippen LogP contribution >= 0.6 is 11.5 Å². The second kappa shape index (κ2) is 7.65. The van der Waals surface area contributed by atoms with Gasteiger partial charge in [0.2, 0.25) is 0 Å². The Bertz CT molecular complexity index is 729. The number of aromatic nitrogens is 2. The SMILES string of the molecule is O=C(c1csnn1)N(CCc1ccccc1)Cc1ccccc1. The van der Waals surface area contributed by atoms with E-state index in [1.165, 1.54) is 17.1 Å². The summed E-state index contributed by atoms with van der Waals surface area (Å²) in [5.41, 5.74) is 2.74. The van der Waals surface area contributed by atoms with Gasteiger partial charge >= 0.3 is 0 Å². The van der Waals surface area contributed by atoms with Gasteiger partial charge in [0.05, 0.1) is 0 Å². The summed E-state index contributed by atoms with van der Waals surface area (Å²) in [5, 5.41) is 5.61. The Labute approximate surface area is 139 Å². The molecule has 5 heteroatoms. The minimum Gasteiger partial charge on any atom is -0.333 e. The Morgan fingerprint density at radius 1 is 0.957 bits per heavy atom. The van der Waals surface area contributed by atoms with Crippen molar-refractivity contribution < 1.29 is 4.79 Å². The molecule has 0 spiro atoms. The first-order valence-corrected chi connectivity index (χ1v) is 8.31. The molecule has 1 aromatic heterocycles. The zero-order valence-corrected chi connectivity index (χ0v) is 13.4. The van der Waals surface area contributed by atoms with Gasteiger partial charge in [-0.3, -0.25) is 4.79 Å². The molecular formula is C18H17N3OS. The smallest absolute Gasteiger partial charge is 0.275 e. The van der Waals surface area contributed by atoms with E-state index in [4.69, 9.17) is 0 Å². The first kappa shape index (κ1) is 15.4. The number of amides is 1. The maximum atomic E-state index is 12.7. The summed E-state index contributed by atoms with van der Waals surface area (Å²) in [7, 11) is 0. The number of hydrogen-bond acceptors (Lipinski definition) is 4. The molecule has 3 rings (SSSR count). The summed E-state index contributed by atoms with van der Waals surface area (Å²) in [5.74, 6) is -0.0708. The van der Waals surface area contributed by atoms with Gasteiger partial charge in [0.1, 0.15) is 0 Å². The highest BCUT2D eigenvalue weighted by Crippen LogP contribution is 2.11. The number of hydrogen-bond donors (Lipinski definition) is 0. The van der Waals surface area contributed by atoms with Crippen LogP contribution in [0.4, 0.5) is 0 Å². The average molecular weight is 323 g/mol. The summed E-state index contributed by atoms with van der Waals surface area (Å²) < 4.78 is 3.80. The van der Waals surface area contributed by atoms with Gasteiger partial charge in [0.25, 0.3) is 5.91 Å². The highest BCUT2D eigenvalue weighted by atomic mass is 32.1. The van der Waals surface area contributed by atoms with Crippen LogP contribution in [0.25, 0.3) is 0 Å². The van der Waals surface area contributed by atoms with Crippen molar-refractivity contribution in [3.63, 3.8) is 0 Å². The number of nitrogens with zero attached hydrogens (tertiary/aromatic N) is 3. The lowest BCUT2D eigenvalue weighted by atomic mass is 10.1. The van der Waals surface area contributed by atoms with E-state index in [-0.39, 0.29) is 5.91 Å². The third-order valence-electron chi connectivity index (χ3n) is 3.60. The van der Waals surface area contributed by atoms with Gasteiger partial charge in [-0.1, -0.05) is 65.2 Å². The van der Waals surface area contributed by atoms with Crippen LogP contribution in [0.1, 0.15) is 21.6 Å². The predicted octanol–water partition coefficient (Wildman–Crippen LogP) is 3.42. The number of benzene rings is 2. The topological polar surface area (TPSA) is 46.1 Å². The minimum atomic E-state index is -0.0708. The molecule has 0 aliphatic heterocycles. The first-order valence-electron chi connectivity index (χ1n) is 7.47. The maximum absolute atomic E-state index is 12.7. The van der Waals surface area contributed by atoms with Gasteiger partial charge in [-0.25, -0.2) is 0 Å². The minimum absolute atomic E-state index is 0.0708. The molecule has 0 saturated heterocycles. The van der Waals surface area contributed by atoms with Crippen LogP contribution < -0.4 is 0 Å². The van der Waals surface area contributed by atoms with Crippen LogP contribution in [0.2, 0.25) is 0 Å². The van der Waals surface area contributed by atoms with Crippen LogP contribution in [0.5, 0.6) is 0 Å². The van der Waals surface area contributed by atoms with E-state index >= 15 is 0 Å². The molecule has 0 bridgehead atoms. The van der Waals surface area contributed by atoms with Crippen molar-refractivity contribution in [2.45, 2.75) is 13.0 Å². The van der Waals surface area contributed by atoms with E-state index in [9.17, 15) is 4.79 Å². The lowest BCUT2D eigenvalue weighted by molar-refractivity contribution is 0.0739. The monoisotopic (exact) mass is 323 g/mol. The molecule has 1 heterocycles. The Kier molecular flexibility index (Phi) is 5.11. The van der Waals surface area contributed by atoms with Gasteiger partial charge in [-0.15, -0.1) is 5.10 Å². The Hall–Kier alpha value is -2.53. The molecule has 1 amide bonds. The van der Waals surface area contributed by atoms with E-state index in [1.807, 2.05) is 53.4 Å². The number of rotatable bonds is 6. The third-order valence-corrected chi connectivity index (χ3v) is 4.10. The molecule has 0 saturated carbocycles. The summed E-state index contributed by atoms with van der Waals surface area (Å²) in [4.78, 5) is 14.5. The molecule has 0 aliphatic carbocycles. The van der Waals surface area contributed by atoms with Gasteiger partial charge in [-0.05, 0) is 29.1 Å². The third kappa shape index (κ3) is 4.23. The van der Waals surface area contributed by atoms with E-state index in [1.54, 1.807) is 5.38 Å².